The molecule has 0 spiro atoms. The Balaban J connectivity index is 1.36. The number of halogens is 1. The monoisotopic (exact) mass is 441 g/mol. The highest BCUT2D eigenvalue weighted by Gasteiger charge is 2.32. The number of hydrogen-bond donors (Lipinski definition) is 1. The molecule has 31 heavy (non-hydrogen) atoms. The van der Waals surface area contributed by atoms with Gasteiger partial charge >= 0.3 is 0 Å². The van der Waals surface area contributed by atoms with Crippen molar-refractivity contribution in [2.24, 2.45) is 4.99 Å². The number of hydrogen-bond acceptors (Lipinski definition) is 5. The number of nitrogens with zero attached hydrogens (tertiary/aromatic N) is 2. The summed E-state index contributed by atoms with van der Waals surface area (Å²) in [5.41, 5.74) is 1.80. The summed E-state index contributed by atoms with van der Waals surface area (Å²) in [7, 11) is 1.54. The largest absolute Gasteiger partial charge is 0.493 e. The number of nitrogens with one attached hydrogen (secondary N) is 1. The molecular weight excluding hydrogens is 418 g/mol. The summed E-state index contributed by atoms with van der Waals surface area (Å²) in [5.74, 6) is 0.853. The lowest BCUT2D eigenvalue weighted by Crippen LogP contribution is -2.35. The van der Waals surface area contributed by atoms with E-state index < -0.39 is 0 Å². The second kappa shape index (κ2) is 9.39. The topological polar surface area (TPSA) is 80.2 Å². The minimum absolute atomic E-state index is 0.0290. The zero-order chi connectivity index (χ0) is 21.8. The van der Waals surface area contributed by atoms with Crippen molar-refractivity contribution in [3.05, 3.63) is 47.0 Å². The molecule has 4 rings (SSSR count). The Morgan fingerprint density at radius 1 is 1.26 bits per heavy atom. The average Bonchev–Trinajstić information content (AvgIpc) is 3.20. The first-order chi connectivity index (χ1) is 15.0. The van der Waals surface area contributed by atoms with Crippen LogP contribution in [0.15, 0.2) is 41.4 Å². The van der Waals surface area contributed by atoms with E-state index in [-0.39, 0.29) is 17.9 Å². The van der Waals surface area contributed by atoms with E-state index in [9.17, 15) is 9.59 Å². The van der Waals surface area contributed by atoms with Crippen LogP contribution in [-0.2, 0) is 4.79 Å². The van der Waals surface area contributed by atoms with E-state index in [1.807, 2.05) is 11.1 Å². The Bertz CT molecular complexity index is 1010. The third-order valence-electron chi connectivity index (χ3n) is 5.39. The maximum Gasteiger partial charge on any atom is 0.256 e. The fraction of sp³-hybridized carbons (Fsp3) is 0.348. The second-order valence-corrected chi connectivity index (χ2v) is 7.95. The maximum absolute atomic E-state index is 12.9. The minimum atomic E-state index is -0.101. The first kappa shape index (κ1) is 21.2. The molecule has 162 valence electrons. The van der Waals surface area contributed by atoms with E-state index in [1.165, 1.54) is 7.11 Å². The van der Waals surface area contributed by atoms with E-state index >= 15 is 0 Å². The predicted octanol–water partition coefficient (Wildman–Crippen LogP) is 4.47. The number of amides is 2. The lowest BCUT2D eigenvalue weighted by molar-refractivity contribution is -0.116. The van der Waals surface area contributed by atoms with E-state index in [4.69, 9.17) is 21.1 Å². The normalized spacial score (nSPS) is 17.0. The van der Waals surface area contributed by atoms with Crippen molar-refractivity contribution in [2.75, 3.05) is 25.6 Å². The van der Waals surface area contributed by atoms with Gasteiger partial charge in [0.15, 0.2) is 11.5 Å². The molecule has 8 heteroatoms. The molecule has 7 nitrogen and oxygen atoms in total. The van der Waals surface area contributed by atoms with Crippen LogP contribution in [0.4, 0.5) is 11.4 Å². The number of methoxy groups -OCH3 is 1. The fourth-order valence-corrected chi connectivity index (χ4v) is 3.92. The van der Waals surface area contributed by atoms with E-state index in [1.54, 1.807) is 36.4 Å². The van der Waals surface area contributed by atoms with Gasteiger partial charge in [0.05, 0.1) is 31.0 Å². The summed E-state index contributed by atoms with van der Waals surface area (Å²) in [6, 6.07) is 10.4. The third-order valence-corrected chi connectivity index (χ3v) is 5.64. The average molecular weight is 442 g/mol. The Hall–Kier alpha value is -3.06. The molecule has 0 saturated carbocycles. The van der Waals surface area contributed by atoms with Crippen LogP contribution in [0, 0.1) is 0 Å². The zero-order valence-electron chi connectivity index (χ0n) is 17.3. The van der Waals surface area contributed by atoms with Gasteiger partial charge in [-0.15, -0.1) is 0 Å². The van der Waals surface area contributed by atoms with Gasteiger partial charge in [0, 0.05) is 36.0 Å². The molecule has 0 aliphatic carbocycles. The van der Waals surface area contributed by atoms with Crippen molar-refractivity contribution in [3.8, 4) is 11.5 Å². The Labute approximate surface area is 186 Å². The number of aliphatic imine (C=N–C) groups is 1. The van der Waals surface area contributed by atoms with E-state index in [0.29, 0.717) is 52.9 Å². The van der Waals surface area contributed by atoms with Gasteiger partial charge in [-0.3, -0.25) is 14.6 Å². The zero-order valence-corrected chi connectivity index (χ0v) is 18.0. The van der Waals surface area contributed by atoms with Crippen molar-refractivity contribution >= 4 is 41.0 Å². The molecule has 2 aliphatic heterocycles. The minimum Gasteiger partial charge on any atom is -0.493 e. The lowest BCUT2D eigenvalue weighted by atomic mass is 10.1. The molecular formula is C23H24ClN3O4. The molecule has 2 amide bonds. The molecule has 1 saturated heterocycles. The van der Waals surface area contributed by atoms with Crippen molar-refractivity contribution in [1.82, 2.24) is 4.90 Å². The van der Waals surface area contributed by atoms with E-state index in [2.05, 4.69) is 10.3 Å². The van der Waals surface area contributed by atoms with Gasteiger partial charge < -0.3 is 19.7 Å². The smallest absolute Gasteiger partial charge is 0.256 e. The number of ether oxygens (including phenoxy) is 2. The second-order valence-electron chi connectivity index (χ2n) is 7.51. The van der Waals surface area contributed by atoms with Crippen molar-refractivity contribution < 1.29 is 19.1 Å². The molecule has 2 aromatic carbocycles. The van der Waals surface area contributed by atoms with Gasteiger partial charge in [0.1, 0.15) is 0 Å². The Kier molecular flexibility index (Phi) is 6.42. The van der Waals surface area contributed by atoms with Gasteiger partial charge in [0.25, 0.3) is 5.91 Å². The standard InChI is InChI=1S/C23H24ClN3O4/c1-30-20-12-18-19(25-14-17-4-2-10-27(17)23(18)29)13-21(20)31-11-3-5-22(28)26-16-8-6-15(24)7-9-16/h6-9,12-14,17H,2-5,10-11H2,1H3,(H,26,28)/t17-/m0/s1. The number of benzene rings is 2. The van der Waals surface area contributed by atoms with Crippen LogP contribution >= 0.6 is 11.6 Å². The summed E-state index contributed by atoms with van der Waals surface area (Å²) in [6.07, 6.45) is 4.60. The molecule has 1 fully saturated rings. The molecule has 0 radical (unpaired) electrons. The van der Waals surface area contributed by atoms with Gasteiger partial charge in [-0.1, -0.05) is 11.6 Å². The highest BCUT2D eigenvalue weighted by molar-refractivity contribution is 6.30. The molecule has 2 aliphatic rings. The van der Waals surface area contributed by atoms with Crippen LogP contribution in [0.3, 0.4) is 0 Å². The number of carbonyl (C=O) groups is 2. The number of anilines is 1. The summed E-state index contributed by atoms with van der Waals surface area (Å²) >= 11 is 5.85. The lowest BCUT2D eigenvalue weighted by Gasteiger charge is -2.20. The number of rotatable bonds is 7. The van der Waals surface area contributed by atoms with Gasteiger partial charge in [-0.25, -0.2) is 0 Å². The summed E-state index contributed by atoms with van der Waals surface area (Å²) in [6.45, 7) is 1.07. The first-order valence-electron chi connectivity index (χ1n) is 10.3. The highest BCUT2D eigenvalue weighted by atomic mass is 35.5. The van der Waals surface area contributed by atoms with Gasteiger partial charge in [0.2, 0.25) is 5.91 Å². The number of carbonyl (C=O) groups excluding carboxylic acids is 2. The summed E-state index contributed by atoms with van der Waals surface area (Å²) < 4.78 is 11.3. The van der Waals surface area contributed by atoms with Gasteiger partial charge in [-0.2, -0.15) is 0 Å². The molecule has 0 unspecified atom stereocenters. The van der Waals surface area contributed by atoms with Gasteiger partial charge in [-0.05, 0) is 49.6 Å². The third kappa shape index (κ3) is 4.82. The SMILES string of the molecule is COc1cc2c(cc1OCCCC(=O)Nc1ccc(Cl)cc1)N=C[C@@H]1CCCN1C2=O. The molecule has 2 heterocycles. The predicted molar refractivity (Wildman–Crippen MR) is 120 cm³/mol. The van der Waals surface area contributed by atoms with Crippen LogP contribution in [0.5, 0.6) is 11.5 Å². The molecule has 0 aromatic heterocycles. The maximum atomic E-state index is 12.9. The highest BCUT2D eigenvalue weighted by Crippen LogP contribution is 2.38. The van der Waals surface area contributed by atoms with Crippen LogP contribution < -0.4 is 14.8 Å². The Morgan fingerprint density at radius 3 is 2.84 bits per heavy atom. The summed E-state index contributed by atoms with van der Waals surface area (Å²) in [4.78, 5) is 31.4. The Morgan fingerprint density at radius 2 is 2.06 bits per heavy atom. The molecule has 1 atom stereocenters. The summed E-state index contributed by atoms with van der Waals surface area (Å²) in [5, 5.41) is 3.44. The molecule has 1 N–H and O–H groups in total. The van der Waals surface area contributed by atoms with Crippen LogP contribution in [0.25, 0.3) is 0 Å². The molecule has 2 aromatic rings. The first-order valence-corrected chi connectivity index (χ1v) is 10.7. The van der Waals surface area contributed by atoms with Crippen molar-refractivity contribution in [1.29, 1.82) is 0 Å². The molecule has 0 bridgehead atoms. The van der Waals surface area contributed by atoms with Crippen molar-refractivity contribution in [2.45, 2.75) is 31.7 Å². The van der Waals surface area contributed by atoms with E-state index in [0.717, 1.165) is 19.4 Å². The van der Waals surface area contributed by atoms with Crippen LogP contribution in [-0.4, -0.2) is 49.2 Å². The fourth-order valence-electron chi connectivity index (χ4n) is 3.79. The van der Waals surface area contributed by atoms with Crippen LogP contribution in [0.1, 0.15) is 36.0 Å². The number of fused-ring (bicyclic) bond motifs is 2. The van der Waals surface area contributed by atoms with Crippen molar-refractivity contribution in [3.63, 3.8) is 0 Å². The van der Waals surface area contributed by atoms with Crippen LogP contribution in [0.2, 0.25) is 5.02 Å². The quantitative estimate of drug-likeness (QED) is 0.643.